The smallest absolute Gasteiger partial charge is 0.491 e. The molecule has 2 aliphatic heterocycles. The van der Waals surface area contributed by atoms with Gasteiger partial charge < -0.3 is 19.7 Å². The minimum Gasteiger partial charge on any atom is -0.491 e. The van der Waals surface area contributed by atoms with Crippen molar-refractivity contribution < 1.29 is 27.4 Å². The van der Waals surface area contributed by atoms with Crippen LogP contribution in [0.15, 0.2) is 59.7 Å². The first-order valence-electron chi connectivity index (χ1n) is 9.26. The fourth-order valence-electron chi connectivity index (χ4n) is 3.30. The molecule has 1 N–H and O–H groups in total. The van der Waals surface area contributed by atoms with E-state index in [4.69, 9.17) is 4.74 Å². The summed E-state index contributed by atoms with van der Waals surface area (Å²) in [5, 5.41) is 3.08. The number of nitrogens with zero attached hydrogens (tertiary/aromatic N) is 2. The summed E-state index contributed by atoms with van der Waals surface area (Å²) in [7, 11) is 0. The molecule has 0 fully saturated rings. The van der Waals surface area contributed by atoms with Crippen LogP contribution in [0.1, 0.15) is 10.4 Å². The van der Waals surface area contributed by atoms with E-state index in [1.54, 1.807) is 47.7 Å². The zero-order valence-electron chi connectivity index (χ0n) is 15.7. The van der Waals surface area contributed by atoms with E-state index in [-0.39, 0.29) is 17.8 Å². The maximum atomic E-state index is 13.0. The van der Waals surface area contributed by atoms with Gasteiger partial charge in [-0.1, -0.05) is 18.2 Å². The van der Waals surface area contributed by atoms with Crippen molar-refractivity contribution in [2.75, 3.05) is 19.7 Å². The van der Waals surface area contributed by atoms with Crippen molar-refractivity contribution in [1.29, 1.82) is 0 Å². The SMILES string of the molecule is O=C1c2ccc(-c3cccc(OC(F)(F)F)c3)cc2OCCN1CC1N=CC=CN1. The molecule has 1 amide bonds. The number of ether oxygens (including phenoxy) is 2. The van der Waals surface area contributed by atoms with Gasteiger partial charge in [-0.15, -0.1) is 13.2 Å². The topological polar surface area (TPSA) is 63.2 Å². The molecule has 2 heterocycles. The predicted octanol–water partition coefficient (Wildman–Crippen LogP) is 3.60. The molecule has 0 aliphatic carbocycles. The second kappa shape index (κ2) is 8.10. The summed E-state index contributed by atoms with van der Waals surface area (Å²) in [4.78, 5) is 18.9. The van der Waals surface area contributed by atoms with Gasteiger partial charge in [0.15, 0.2) is 0 Å². The van der Waals surface area contributed by atoms with E-state index in [2.05, 4.69) is 15.0 Å². The fourth-order valence-corrected chi connectivity index (χ4v) is 3.30. The lowest BCUT2D eigenvalue weighted by Gasteiger charge is -2.25. The van der Waals surface area contributed by atoms with Crippen molar-refractivity contribution in [3.05, 3.63) is 60.3 Å². The third-order valence-corrected chi connectivity index (χ3v) is 4.65. The highest BCUT2D eigenvalue weighted by Crippen LogP contribution is 2.32. The molecule has 156 valence electrons. The van der Waals surface area contributed by atoms with Crippen molar-refractivity contribution in [3.63, 3.8) is 0 Å². The van der Waals surface area contributed by atoms with E-state index in [1.165, 1.54) is 18.2 Å². The molecule has 1 atom stereocenters. The minimum atomic E-state index is -4.77. The fraction of sp³-hybridized carbons (Fsp3) is 0.238. The van der Waals surface area contributed by atoms with Gasteiger partial charge in [0.25, 0.3) is 5.91 Å². The first-order chi connectivity index (χ1) is 14.4. The van der Waals surface area contributed by atoms with Gasteiger partial charge in [-0.2, -0.15) is 0 Å². The molecule has 0 radical (unpaired) electrons. The minimum absolute atomic E-state index is 0.185. The molecule has 4 rings (SSSR count). The van der Waals surface area contributed by atoms with Crippen LogP contribution in [0, 0.1) is 0 Å². The van der Waals surface area contributed by atoms with Crippen LogP contribution < -0.4 is 14.8 Å². The standard InChI is InChI=1S/C21H18F3N3O3/c22-21(23,24)30-16-4-1-3-14(11-16)15-5-6-17-18(12-15)29-10-9-27(20(17)28)13-19-25-7-2-8-26-19/h1-8,11-12,19,25H,9-10,13H2. The Morgan fingerprint density at radius 2 is 2.03 bits per heavy atom. The van der Waals surface area contributed by atoms with E-state index in [0.29, 0.717) is 42.1 Å². The van der Waals surface area contributed by atoms with Crippen LogP contribution in [0.5, 0.6) is 11.5 Å². The van der Waals surface area contributed by atoms with E-state index >= 15 is 0 Å². The number of fused-ring (bicyclic) bond motifs is 1. The Morgan fingerprint density at radius 1 is 1.20 bits per heavy atom. The van der Waals surface area contributed by atoms with Crippen LogP contribution in [-0.4, -0.2) is 49.2 Å². The van der Waals surface area contributed by atoms with E-state index < -0.39 is 6.36 Å². The molecule has 0 saturated carbocycles. The summed E-state index contributed by atoms with van der Waals surface area (Å²) in [5.74, 6) is -0.107. The number of hydrogen-bond donors (Lipinski definition) is 1. The molecule has 0 bridgehead atoms. The maximum Gasteiger partial charge on any atom is 0.573 e. The van der Waals surface area contributed by atoms with Gasteiger partial charge in [-0.25, -0.2) is 0 Å². The number of hydrogen-bond acceptors (Lipinski definition) is 5. The highest BCUT2D eigenvalue weighted by atomic mass is 19.4. The number of aliphatic imine (C=N–C) groups is 1. The lowest BCUT2D eigenvalue weighted by Crippen LogP contribution is -2.42. The predicted molar refractivity (Wildman–Crippen MR) is 105 cm³/mol. The number of rotatable bonds is 4. The van der Waals surface area contributed by atoms with Crippen LogP contribution in [-0.2, 0) is 0 Å². The number of amides is 1. The van der Waals surface area contributed by atoms with Crippen molar-refractivity contribution in [2.45, 2.75) is 12.5 Å². The van der Waals surface area contributed by atoms with Crippen LogP contribution in [0.25, 0.3) is 11.1 Å². The van der Waals surface area contributed by atoms with Gasteiger partial charge >= 0.3 is 6.36 Å². The van der Waals surface area contributed by atoms with Crippen LogP contribution in [0.4, 0.5) is 13.2 Å². The lowest BCUT2D eigenvalue weighted by atomic mass is 10.0. The summed E-state index contributed by atoms with van der Waals surface area (Å²) in [6.07, 6.45) is 0.231. The first-order valence-corrected chi connectivity index (χ1v) is 9.26. The number of allylic oxidation sites excluding steroid dienone is 1. The Kier molecular flexibility index (Phi) is 5.35. The zero-order chi connectivity index (χ0) is 21.1. The van der Waals surface area contributed by atoms with Gasteiger partial charge in [0.1, 0.15) is 24.3 Å². The number of carbonyl (C=O) groups is 1. The highest BCUT2D eigenvalue weighted by molar-refractivity contribution is 5.98. The van der Waals surface area contributed by atoms with E-state index in [1.807, 2.05) is 0 Å². The largest absolute Gasteiger partial charge is 0.573 e. The van der Waals surface area contributed by atoms with Crippen LogP contribution in [0.3, 0.4) is 0 Å². The number of benzene rings is 2. The molecule has 9 heteroatoms. The summed E-state index contributed by atoms with van der Waals surface area (Å²) in [6.45, 7) is 1.09. The maximum absolute atomic E-state index is 13.0. The van der Waals surface area contributed by atoms with Crippen molar-refractivity contribution in [1.82, 2.24) is 10.2 Å². The third-order valence-electron chi connectivity index (χ3n) is 4.65. The van der Waals surface area contributed by atoms with Gasteiger partial charge in [0.05, 0.1) is 18.7 Å². The van der Waals surface area contributed by atoms with Gasteiger partial charge in [0.2, 0.25) is 0 Å². The van der Waals surface area contributed by atoms with E-state index in [0.717, 1.165) is 0 Å². The lowest BCUT2D eigenvalue weighted by molar-refractivity contribution is -0.274. The molecule has 2 aromatic rings. The third kappa shape index (κ3) is 4.56. The molecule has 2 aromatic carbocycles. The average molecular weight is 417 g/mol. The molecule has 1 unspecified atom stereocenters. The molecular formula is C21H18F3N3O3. The van der Waals surface area contributed by atoms with Crippen molar-refractivity contribution in [2.24, 2.45) is 4.99 Å². The normalized spacial score (nSPS) is 18.3. The Bertz CT molecular complexity index is 1000. The summed E-state index contributed by atoms with van der Waals surface area (Å²) < 4.78 is 47.2. The Labute approximate surface area is 170 Å². The molecule has 0 aromatic heterocycles. The van der Waals surface area contributed by atoms with Crippen LogP contribution >= 0.6 is 0 Å². The highest BCUT2D eigenvalue weighted by Gasteiger charge is 2.31. The zero-order valence-corrected chi connectivity index (χ0v) is 15.7. The summed E-state index contributed by atoms with van der Waals surface area (Å²) in [5.41, 5.74) is 1.53. The molecular weight excluding hydrogens is 399 g/mol. The molecule has 0 saturated heterocycles. The molecule has 30 heavy (non-hydrogen) atoms. The summed E-state index contributed by atoms with van der Waals surface area (Å²) >= 11 is 0. The second-order valence-electron chi connectivity index (χ2n) is 6.73. The Morgan fingerprint density at radius 3 is 2.80 bits per heavy atom. The first kappa shape index (κ1) is 19.8. The summed E-state index contributed by atoms with van der Waals surface area (Å²) in [6, 6.07) is 10.6. The molecule has 6 nitrogen and oxygen atoms in total. The Balaban J connectivity index is 1.56. The Hall–Kier alpha value is -3.49. The monoisotopic (exact) mass is 417 g/mol. The van der Waals surface area contributed by atoms with Crippen molar-refractivity contribution in [3.8, 4) is 22.6 Å². The molecule has 0 spiro atoms. The van der Waals surface area contributed by atoms with Gasteiger partial charge in [-0.05, 0) is 47.7 Å². The van der Waals surface area contributed by atoms with Crippen LogP contribution in [0.2, 0.25) is 0 Å². The van der Waals surface area contributed by atoms with E-state index in [9.17, 15) is 18.0 Å². The second-order valence-corrected chi connectivity index (χ2v) is 6.73. The number of halogens is 3. The average Bonchev–Trinajstić information content (AvgIpc) is 2.86. The van der Waals surface area contributed by atoms with Gasteiger partial charge in [0, 0.05) is 6.21 Å². The quantitative estimate of drug-likeness (QED) is 0.826. The number of alkyl halides is 3. The van der Waals surface area contributed by atoms with Gasteiger partial charge in [-0.3, -0.25) is 9.79 Å². The molecule has 2 aliphatic rings. The van der Waals surface area contributed by atoms with Crippen molar-refractivity contribution >= 4 is 12.1 Å². The number of nitrogens with one attached hydrogen (secondary N) is 1. The number of carbonyl (C=O) groups excluding carboxylic acids is 1.